The maximum absolute atomic E-state index is 11.1. The minimum atomic E-state index is -0.0664. The van der Waals surface area contributed by atoms with Crippen LogP contribution in [0.15, 0.2) is 42.9 Å². The quantitative estimate of drug-likeness (QED) is 0.855. The number of para-hydroxylation sites is 1. The van der Waals surface area contributed by atoms with Crippen LogP contribution in [0, 0.1) is 0 Å². The Labute approximate surface area is 112 Å². The number of carbonyl (C=O) groups excluding carboxylic acids is 1. The van der Waals surface area contributed by atoms with Crippen molar-refractivity contribution in [1.29, 1.82) is 0 Å². The fourth-order valence-electron chi connectivity index (χ4n) is 1.73. The second-order valence-electron chi connectivity index (χ2n) is 4.14. The van der Waals surface area contributed by atoms with E-state index in [0.29, 0.717) is 13.1 Å². The van der Waals surface area contributed by atoms with Gasteiger partial charge in [-0.2, -0.15) is 0 Å². The summed E-state index contributed by atoms with van der Waals surface area (Å²) in [5, 5.41) is 6.11. The Balaban J connectivity index is 1.94. The molecule has 5 nitrogen and oxygen atoms in total. The van der Waals surface area contributed by atoms with Crippen molar-refractivity contribution in [2.45, 2.75) is 20.0 Å². The number of nitrogens with one attached hydrogen (secondary N) is 2. The Hall–Kier alpha value is -2.27. The lowest BCUT2D eigenvalue weighted by molar-refractivity contribution is -0.114. The highest BCUT2D eigenvalue weighted by Gasteiger charge is 2.02. The largest absolute Gasteiger partial charge is 0.326 e. The van der Waals surface area contributed by atoms with Crippen LogP contribution >= 0.6 is 0 Å². The smallest absolute Gasteiger partial charge is 0.221 e. The summed E-state index contributed by atoms with van der Waals surface area (Å²) in [6.07, 6.45) is 3.25. The van der Waals surface area contributed by atoms with Crippen molar-refractivity contribution in [3.63, 3.8) is 0 Å². The fourth-order valence-corrected chi connectivity index (χ4v) is 1.73. The molecule has 1 amide bonds. The van der Waals surface area contributed by atoms with Gasteiger partial charge in [0.25, 0.3) is 0 Å². The van der Waals surface area contributed by atoms with Gasteiger partial charge in [-0.1, -0.05) is 18.2 Å². The Kier molecular flexibility index (Phi) is 4.58. The fraction of sp³-hybridized carbons (Fsp3) is 0.214. The molecule has 1 aromatic carbocycles. The molecule has 2 rings (SSSR count). The van der Waals surface area contributed by atoms with E-state index in [1.165, 1.54) is 13.3 Å². The lowest BCUT2D eigenvalue weighted by Gasteiger charge is -2.10. The number of rotatable bonds is 5. The molecule has 19 heavy (non-hydrogen) atoms. The number of nitrogens with zero attached hydrogens (tertiary/aromatic N) is 2. The molecule has 0 aliphatic heterocycles. The molecular weight excluding hydrogens is 240 g/mol. The Morgan fingerprint density at radius 1 is 1.21 bits per heavy atom. The van der Waals surface area contributed by atoms with Crippen LogP contribution in [0.25, 0.3) is 0 Å². The topological polar surface area (TPSA) is 66.9 Å². The van der Waals surface area contributed by atoms with Gasteiger partial charge in [0.2, 0.25) is 5.91 Å². The van der Waals surface area contributed by atoms with E-state index < -0.39 is 0 Å². The molecule has 0 aliphatic rings. The summed E-state index contributed by atoms with van der Waals surface area (Å²) < 4.78 is 0. The standard InChI is InChI=1S/C14H16N4O/c1-11(19)18-14-5-3-2-4-12(14)8-16-9-13-6-7-15-10-17-13/h2-7,10,16H,8-9H2,1H3,(H,18,19). The van der Waals surface area contributed by atoms with Crippen molar-refractivity contribution >= 4 is 11.6 Å². The monoisotopic (exact) mass is 256 g/mol. The number of carbonyl (C=O) groups is 1. The molecule has 2 N–H and O–H groups in total. The molecule has 2 aromatic rings. The highest BCUT2D eigenvalue weighted by atomic mass is 16.1. The summed E-state index contributed by atoms with van der Waals surface area (Å²) in [5.74, 6) is -0.0664. The molecule has 0 aliphatic carbocycles. The second-order valence-corrected chi connectivity index (χ2v) is 4.14. The molecule has 0 atom stereocenters. The molecule has 0 fully saturated rings. The summed E-state index contributed by atoms with van der Waals surface area (Å²) in [6.45, 7) is 2.84. The summed E-state index contributed by atoms with van der Waals surface area (Å²) in [7, 11) is 0. The van der Waals surface area contributed by atoms with Gasteiger partial charge in [0.05, 0.1) is 5.69 Å². The first kappa shape index (κ1) is 13.2. The highest BCUT2D eigenvalue weighted by molar-refractivity contribution is 5.89. The molecule has 1 aromatic heterocycles. The number of aromatic nitrogens is 2. The van der Waals surface area contributed by atoms with Gasteiger partial charge < -0.3 is 10.6 Å². The van der Waals surface area contributed by atoms with E-state index >= 15 is 0 Å². The zero-order chi connectivity index (χ0) is 13.5. The number of anilines is 1. The van der Waals surface area contributed by atoms with E-state index in [4.69, 9.17) is 0 Å². The van der Waals surface area contributed by atoms with E-state index in [0.717, 1.165) is 16.9 Å². The van der Waals surface area contributed by atoms with Crippen molar-refractivity contribution in [3.8, 4) is 0 Å². The van der Waals surface area contributed by atoms with Crippen LogP contribution < -0.4 is 10.6 Å². The molecule has 0 saturated heterocycles. The van der Waals surface area contributed by atoms with Crippen molar-refractivity contribution in [3.05, 3.63) is 54.1 Å². The average molecular weight is 256 g/mol. The Bertz CT molecular complexity index is 542. The van der Waals surface area contributed by atoms with Gasteiger partial charge in [-0.3, -0.25) is 4.79 Å². The van der Waals surface area contributed by atoms with E-state index in [1.807, 2.05) is 30.3 Å². The van der Waals surface area contributed by atoms with E-state index in [-0.39, 0.29) is 5.91 Å². The number of hydrogen-bond donors (Lipinski definition) is 2. The molecule has 98 valence electrons. The van der Waals surface area contributed by atoms with Gasteiger partial charge in [-0.05, 0) is 17.7 Å². The third-order valence-electron chi connectivity index (χ3n) is 2.59. The first-order valence-electron chi connectivity index (χ1n) is 6.07. The first-order valence-corrected chi connectivity index (χ1v) is 6.07. The maximum atomic E-state index is 11.1. The Morgan fingerprint density at radius 3 is 2.79 bits per heavy atom. The molecule has 0 bridgehead atoms. The lowest BCUT2D eigenvalue weighted by Crippen LogP contribution is -2.16. The van der Waals surface area contributed by atoms with Crippen molar-refractivity contribution in [2.75, 3.05) is 5.32 Å². The molecule has 0 radical (unpaired) electrons. The third kappa shape index (κ3) is 4.15. The van der Waals surface area contributed by atoms with Crippen LogP contribution in [0.4, 0.5) is 5.69 Å². The highest BCUT2D eigenvalue weighted by Crippen LogP contribution is 2.14. The Morgan fingerprint density at radius 2 is 2.05 bits per heavy atom. The maximum Gasteiger partial charge on any atom is 0.221 e. The van der Waals surface area contributed by atoms with Crippen molar-refractivity contribution < 1.29 is 4.79 Å². The van der Waals surface area contributed by atoms with E-state index in [1.54, 1.807) is 6.20 Å². The van der Waals surface area contributed by atoms with Crippen LogP contribution in [0.5, 0.6) is 0 Å². The van der Waals surface area contributed by atoms with Gasteiger partial charge in [0.15, 0.2) is 0 Å². The molecule has 0 saturated carbocycles. The number of hydrogen-bond acceptors (Lipinski definition) is 4. The van der Waals surface area contributed by atoms with Gasteiger partial charge in [0, 0.05) is 31.9 Å². The summed E-state index contributed by atoms with van der Waals surface area (Å²) in [4.78, 5) is 19.1. The first-order chi connectivity index (χ1) is 9.25. The lowest BCUT2D eigenvalue weighted by atomic mass is 10.1. The summed E-state index contributed by atoms with van der Waals surface area (Å²) in [6, 6.07) is 9.60. The van der Waals surface area contributed by atoms with Gasteiger partial charge in [-0.25, -0.2) is 9.97 Å². The van der Waals surface area contributed by atoms with Crippen molar-refractivity contribution in [2.24, 2.45) is 0 Å². The second kappa shape index (κ2) is 6.61. The zero-order valence-electron chi connectivity index (χ0n) is 10.8. The van der Waals surface area contributed by atoms with Crippen LogP contribution in [-0.4, -0.2) is 15.9 Å². The number of amides is 1. The minimum Gasteiger partial charge on any atom is -0.326 e. The molecule has 5 heteroatoms. The van der Waals surface area contributed by atoms with Gasteiger partial charge in [-0.15, -0.1) is 0 Å². The molecule has 1 heterocycles. The molecular formula is C14H16N4O. The molecule has 0 spiro atoms. The minimum absolute atomic E-state index is 0.0664. The third-order valence-corrected chi connectivity index (χ3v) is 2.59. The predicted octanol–water partition coefficient (Wildman–Crippen LogP) is 1.72. The predicted molar refractivity (Wildman–Crippen MR) is 73.3 cm³/mol. The summed E-state index contributed by atoms with van der Waals surface area (Å²) >= 11 is 0. The van der Waals surface area contributed by atoms with Crippen LogP contribution in [0.3, 0.4) is 0 Å². The van der Waals surface area contributed by atoms with Crippen LogP contribution in [-0.2, 0) is 17.9 Å². The van der Waals surface area contributed by atoms with Crippen molar-refractivity contribution in [1.82, 2.24) is 15.3 Å². The average Bonchev–Trinajstić information content (AvgIpc) is 2.41. The zero-order valence-corrected chi connectivity index (χ0v) is 10.8. The van der Waals surface area contributed by atoms with E-state index in [2.05, 4.69) is 20.6 Å². The normalized spacial score (nSPS) is 10.2. The molecule has 0 unspecified atom stereocenters. The van der Waals surface area contributed by atoms with Crippen LogP contribution in [0.1, 0.15) is 18.2 Å². The van der Waals surface area contributed by atoms with Gasteiger partial charge >= 0.3 is 0 Å². The van der Waals surface area contributed by atoms with Crippen LogP contribution in [0.2, 0.25) is 0 Å². The van der Waals surface area contributed by atoms with Gasteiger partial charge in [0.1, 0.15) is 6.33 Å². The van der Waals surface area contributed by atoms with E-state index in [9.17, 15) is 4.79 Å². The SMILES string of the molecule is CC(=O)Nc1ccccc1CNCc1ccncn1. The number of benzene rings is 1. The summed E-state index contributed by atoms with van der Waals surface area (Å²) in [5.41, 5.74) is 2.82.